The molecule has 1 N–H and O–H groups in total. The highest BCUT2D eigenvalue weighted by atomic mass is 32.2. The lowest BCUT2D eigenvalue weighted by molar-refractivity contribution is -0.00833. The summed E-state index contributed by atoms with van der Waals surface area (Å²) in [6.45, 7) is 6.08. The van der Waals surface area contributed by atoms with Gasteiger partial charge >= 0.3 is 0 Å². The van der Waals surface area contributed by atoms with Crippen LogP contribution in [-0.2, 0) is 14.8 Å². The normalized spacial score (nSPS) is 22.0. The third-order valence-corrected chi connectivity index (χ3v) is 9.35. The molecule has 9 nitrogen and oxygen atoms in total. The molecule has 2 aromatic rings. The molecule has 0 spiro atoms. The van der Waals surface area contributed by atoms with Gasteiger partial charge in [-0.2, -0.15) is 4.31 Å². The van der Waals surface area contributed by atoms with Gasteiger partial charge in [-0.15, -0.1) is 0 Å². The predicted molar refractivity (Wildman–Crippen MR) is 157 cm³/mol. The molecule has 0 fully saturated rings. The highest BCUT2D eigenvalue weighted by Gasteiger charge is 2.32. The molecule has 41 heavy (non-hydrogen) atoms. The Bertz CT molecular complexity index is 1260. The molecule has 1 heterocycles. The van der Waals surface area contributed by atoms with E-state index in [9.17, 15) is 22.7 Å². The van der Waals surface area contributed by atoms with E-state index in [1.54, 1.807) is 17.9 Å². The molecule has 2 aromatic carbocycles. The Hall–Kier alpha value is -2.73. The first-order chi connectivity index (χ1) is 19.3. The average Bonchev–Trinajstić information content (AvgIpc) is 2.93. The van der Waals surface area contributed by atoms with Gasteiger partial charge in [-0.05, 0) is 75.6 Å². The summed E-state index contributed by atoms with van der Waals surface area (Å²) in [5.41, 5.74) is 1.24. The van der Waals surface area contributed by atoms with Gasteiger partial charge in [0.2, 0.25) is 10.0 Å². The molecule has 0 saturated heterocycles. The number of carbonyl (C=O) groups is 1. The number of anilines is 1. The standard InChI is InChI=1S/C30H44FN3O6S/c1-21-18-34(22(2)20-35)30(36)27-17-25(32(4)5)12-15-28(27)40-23(3)9-7-8-16-39-29(21)19-33(6)41(37,38)26-13-10-24(31)11-14-26/h10-15,17,21-23,29,35H,7-9,16,18-20H2,1-6H3/t21-,22-,23+,29+/m1/s1. The second-order valence-electron chi connectivity index (χ2n) is 11.1. The minimum Gasteiger partial charge on any atom is -0.490 e. The molecular formula is C30H44FN3O6S. The van der Waals surface area contributed by atoms with Gasteiger partial charge in [0.1, 0.15) is 11.6 Å². The van der Waals surface area contributed by atoms with Crippen LogP contribution in [0.5, 0.6) is 5.75 Å². The number of benzene rings is 2. The summed E-state index contributed by atoms with van der Waals surface area (Å²) < 4.78 is 53.6. The van der Waals surface area contributed by atoms with E-state index in [1.165, 1.54) is 23.5 Å². The zero-order chi connectivity index (χ0) is 30.3. The summed E-state index contributed by atoms with van der Waals surface area (Å²) in [7, 11) is 1.36. The maximum absolute atomic E-state index is 14.1. The van der Waals surface area contributed by atoms with Crippen molar-refractivity contribution in [1.82, 2.24) is 9.21 Å². The number of likely N-dealkylation sites (N-methyl/N-ethyl adjacent to an activating group) is 1. The smallest absolute Gasteiger partial charge is 0.258 e. The van der Waals surface area contributed by atoms with Crippen LogP contribution in [0.4, 0.5) is 10.1 Å². The third kappa shape index (κ3) is 8.41. The molecule has 0 aromatic heterocycles. The number of amides is 1. The van der Waals surface area contributed by atoms with Crippen LogP contribution in [0.25, 0.3) is 0 Å². The van der Waals surface area contributed by atoms with Crippen LogP contribution in [0.3, 0.4) is 0 Å². The van der Waals surface area contributed by atoms with Gasteiger partial charge in [0.05, 0.1) is 35.3 Å². The largest absolute Gasteiger partial charge is 0.490 e. The molecule has 1 amide bonds. The first kappa shape index (κ1) is 32.8. The molecule has 4 atom stereocenters. The van der Waals surface area contributed by atoms with E-state index in [4.69, 9.17) is 9.47 Å². The van der Waals surface area contributed by atoms with Crippen LogP contribution in [-0.4, -0.2) is 94.3 Å². The molecule has 228 valence electrons. The lowest BCUT2D eigenvalue weighted by atomic mass is 10.0. The van der Waals surface area contributed by atoms with Crippen LogP contribution >= 0.6 is 0 Å². The van der Waals surface area contributed by atoms with Gasteiger partial charge in [-0.3, -0.25) is 4.79 Å². The topological polar surface area (TPSA) is 99.6 Å². The van der Waals surface area contributed by atoms with E-state index < -0.39 is 28.0 Å². The predicted octanol–water partition coefficient (Wildman–Crippen LogP) is 4.01. The van der Waals surface area contributed by atoms with Crippen LogP contribution < -0.4 is 9.64 Å². The van der Waals surface area contributed by atoms with E-state index in [-0.39, 0.29) is 42.5 Å². The van der Waals surface area contributed by atoms with E-state index in [2.05, 4.69) is 0 Å². The average molecular weight is 594 g/mol. The molecular weight excluding hydrogens is 549 g/mol. The number of fused-ring (bicyclic) bond motifs is 1. The van der Waals surface area contributed by atoms with Crippen molar-refractivity contribution in [3.05, 3.63) is 53.8 Å². The summed E-state index contributed by atoms with van der Waals surface area (Å²) in [6, 6.07) is 9.73. The monoisotopic (exact) mass is 593 g/mol. The van der Waals surface area contributed by atoms with Crippen LogP contribution in [0.15, 0.2) is 47.4 Å². The highest BCUT2D eigenvalue weighted by molar-refractivity contribution is 7.89. The highest BCUT2D eigenvalue weighted by Crippen LogP contribution is 2.29. The number of rotatable bonds is 7. The quantitative estimate of drug-likeness (QED) is 0.518. The van der Waals surface area contributed by atoms with Crippen molar-refractivity contribution in [2.75, 3.05) is 52.3 Å². The van der Waals surface area contributed by atoms with E-state index in [0.717, 1.165) is 37.1 Å². The first-order valence-corrected chi connectivity index (χ1v) is 15.5. The van der Waals surface area contributed by atoms with Crippen molar-refractivity contribution in [2.24, 2.45) is 5.92 Å². The fourth-order valence-corrected chi connectivity index (χ4v) is 5.97. The molecule has 11 heteroatoms. The molecule has 0 radical (unpaired) electrons. The molecule has 1 aliphatic heterocycles. The Morgan fingerprint density at radius 3 is 2.41 bits per heavy atom. The Balaban J connectivity index is 1.96. The van der Waals surface area contributed by atoms with Gasteiger partial charge in [0.15, 0.2) is 0 Å². The number of hydrogen-bond donors (Lipinski definition) is 1. The van der Waals surface area contributed by atoms with Gasteiger partial charge in [0, 0.05) is 52.4 Å². The molecule has 0 aliphatic carbocycles. The van der Waals surface area contributed by atoms with Crippen molar-refractivity contribution >= 4 is 21.6 Å². The Kier molecular flexibility index (Phi) is 11.5. The number of hydrogen-bond acceptors (Lipinski definition) is 7. The molecule has 0 saturated carbocycles. The van der Waals surface area contributed by atoms with Gasteiger partial charge in [-0.25, -0.2) is 12.8 Å². The zero-order valence-corrected chi connectivity index (χ0v) is 25.7. The minimum absolute atomic E-state index is 0.0112. The van der Waals surface area contributed by atoms with E-state index in [1.807, 2.05) is 45.0 Å². The minimum atomic E-state index is -3.90. The number of ether oxygens (including phenoxy) is 2. The third-order valence-electron chi connectivity index (χ3n) is 7.51. The number of nitrogens with zero attached hydrogens (tertiary/aromatic N) is 3. The van der Waals surface area contributed by atoms with Crippen molar-refractivity contribution in [3.63, 3.8) is 0 Å². The summed E-state index contributed by atoms with van der Waals surface area (Å²) in [5.74, 6) is -0.600. The number of carbonyl (C=O) groups excluding carboxylic acids is 1. The summed E-state index contributed by atoms with van der Waals surface area (Å²) in [5, 5.41) is 10.1. The summed E-state index contributed by atoms with van der Waals surface area (Å²) >= 11 is 0. The summed E-state index contributed by atoms with van der Waals surface area (Å²) in [4.78, 5) is 17.6. The number of sulfonamides is 1. The number of halogens is 1. The molecule has 3 rings (SSSR count). The maximum atomic E-state index is 14.1. The Labute approximate surface area is 243 Å². The first-order valence-electron chi connectivity index (χ1n) is 14.1. The fraction of sp³-hybridized carbons (Fsp3) is 0.567. The van der Waals surface area contributed by atoms with Crippen LogP contribution in [0.2, 0.25) is 0 Å². The Morgan fingerprint density at radius 1 is 1.10 bits per heavy atom. The van der Waals surface area contributed by atoms with Crippen molar-refractivity contribution in [2.45, 2.75) is 63.2 Å². The van der Waals surface area contributed by atoms with Crippen LogP contribution in [0, 0.1) is 11.7 Å². The van der Waals surface area contributed by atoms with E-state index in [0.29, 0.717) is 17.9 Å². The SMILES string of the molecule is C[C@@H]1CN([C@H](C)CO)C(=O)c2cc(N(C)C)ccc2O[C@@H](C)CCCCO[C@H]1CN(C)S(=O)(=O)c1ccc(F)cc1. The van der Waals surface area contributed by atoms with Gasteiger partial charge in [-0.1, -0.05) is 6.92 Å². The number of aliphatic hydroxyl groups excluding tert-OH is 1. The van der Waals surface area contributed by atoms with Gasteiger partial charge in [0.25, 0.3) is 5.91 Å². The molecule has 1 aliphatic rings. The van der Waals surface area contributed by atoms with Crippen molar-refractivity contribution in [1.29, 1.82) is 0 Å². The van der Waals surface area contributed by atoms with Crippen molar-refractivity contribution in [3.8, 4) is 5.75 Å². The molecule has 0 unspecified atom stereocenters. The summed E-state index contributed by atoms with van der Waals surface area (Å²) in [6.07, 6.45) is 1.66. The maximum Gasteiger partial charge on any atom is 0.258 e. The lowest BCUT2D eigenvalue weighted by Crippen LogP contribution is -2.48. The molecule has 0 bridgehead atoms. The van der Waals surface area contributed by atoms with Crippen molar-refractivity contribution < 1.29 is 32.2 Å². The Morgan fingerprint density at radius 2 is 1.78 bits per heavy atom. The van der Waals surface area contributed by atoms with Crippen LogP contribution in [0.1, 0.15) is 50.4 Å². The van der Waals surface area contributed by atoms with Gasteiger partial charge < -0.3 is 24.4 Å². The van der Waals surface area contributed by atoms with E-state index >= 15 is 0 Å². The second kappa shape index (κ2) is 14.4. The second-order valence-corrected chi connectivity index (χ2v) is 13.2. The zero-order valence-electron chi connectivity index (χ0n) is 24.9. The fourth-order valence-electron chi connectivity index (χ4n) is 4.79. The lowest BCUT2D eigenvalue weighted by Gasteiger charge is -2.35. The number of aliphatic hydroxyl groups is 1.